The van der Waals surface area contributed by atoms with E-state index in [0.717, 1.165) is 25.7 Å². The highest BCUT2D eigenvalue weighted by Crippen LogP contribution is 2.22. The zero-order valence-corrected chi connectivity index (χ0v) is 17.9. The van der Waals surface area contributed by atoms with Crippen LogP contribution in [0.4, 0.5) is 5.69 Å². The molecule has 1 aliphatic carbocycles. The molecule has 0 radical (unpaired) electrons. The topological polar surface area (TPSA) is 67.4 Å². The van der Waals surface area contributed by atoms with Crippen LogP contribution in [0, 0.1) is 0 Å². The Kier molecular flexibility index (Phi) is 7.47. The van der Waals surface area contributed by atoms with Gasteiger partial charge in [0.1, 0.15) is 6.10 Å². The molecule has 0 aromatic heterocycles. The predicted octanol–water partition coefficient (Wildman–Crippen LogP) is 5.61. The van der Waals surface area contributed by atoms with Crippen LogP contribution in [-0.4, -0.2) is 23.1 Å². The van der Waals surface area contributed by atoms with Gasteiger partial charge in [-0.2, -0.15) is 0 Å². The lowest BCUT2D eigenvalue weighted by Gasteiger charge is -2.21. The molecule has 29 heavy (non-hydrogen) atoms. The summed E-state index contributed by atoms with van der Waals surface area (Å²) in [6, 6.07) is 11.3. The molecular weight excluding hydrogens is 431 g/mol. The van der Waals surface area contributed by atoms with Gasteiger partial charge in [-0.1, -0.05) is 29.6 Å². The molecule has 5 nitrogen and oxygen atoms in total. The van der Waals surface area contributed by atoms with Crippen molar-refractivity contribution >= 4 is 58.1 Å². The highest BCUT2D eigenvalue weighted by Gasteiger charge is 2.19. The normalized spacial score (nSPS) is 14.1. The number of hydrogen-bond acceptors (Lipinski definition) is 4. The van der Waals surface area contributed by atoms with Gasteiger partial charge in [0.15, 0.2) is 5.11 Å². The fourth-order valence-corrected chi connectivity index (χ4v) is 3.80. The minimum atomic E-state index is -0.447. The van der Waals surface area contributed by atoms with E-state index in [4.69, 9.17) is 40.2 Å². The van der Waals surface area contributed by atoms with Crippen molar-refractivity contribution in [3.05, 3.63) is 63.6 Å². The van der Waals surface area contributed by atoms with E-state index in [1.807, 2.05) is 0 Å². The number of esters is 1. The molecule has 2 aromatic carbocycles. The lowest BCUT2D eigenvalue weighted by molar-refractivity contribution is 0.0211. The van der Waals surface area contributed by atoms with Crippen LogP contribution in [0.1, 0.15) is 52.8 Å². The molecular formula is C21H20Cl2N2O3S. The molecule has 1 fully saturated rings. The molecule has 152 valence electrons. The number of thiocarbonyl (C=S) groups is 1. The largest absolute Gasteiger partial charge is 0.459 e. The van der Waals surface area contributed by atoms with Crippen molar-refractivity contribution in [1.29, 1.82) is 0 Å². The van der Waals surface area contributed by atoms with Crippen LogP contribution in [0.3, 0.4) is 0 Å². The van der Waals surface area contributed by atoms with E-state index in [1.165, 1.54) is 18.6 Å². The first-order chi connectivity index (χ1) is 13.9. The molecule has 1 saturated carbocycles. The second-order valence-corrected chi connectivity index (χ2v) is 8.03. The first-order valence-electron chi connectivity index (χ1n) is 9.31. The van der Waals surface area contributed by atoms with E-state index >= 15 is 0 Å². The first kappa shape index (κ1) is 21.6. The van der Waals surface area contributed by atoms with Crippen LogP contribution in [0.2, 0.25) is 10.0 Å². The van der Waals surface area contributed by atoms with Gasteiger partial charge in [0.2, 0.25) is 0 Å². The van der Waals surface area contributed by atoms with Crippen molar-refractivity contribution in [3.63, 3.8) is 0 Å². The maximum absolute atomic E-state index is 12.3. The molecule has 0 saturated heterocycles. The van der Waals surface area contributed by atoms with E-state index < -0.39 is 5.91 Å². The molecule has 2 aromatic rings. The first-order valence-corrected chi connectivity index (χ1v) is 10.5. The number of halogens is 2. The third-order valence-electron chi connectivity index (χ3n) is 4.61. The van der Waals surface area contributed by atoms with Crippen molar-refractivity contribution < 1.29 is 14.3 Å². The van der Waals surface area contributed by atoms with Gasteiger partial charge in [-0.25, -0.2) is 4.79 Å². The minimum Gasteiger partial charge on any atom is -0.459 e. The monoisotopic (exact) mass is 450 g/mol. The zero-order valence-electron chi connectivity index (χ0n) is 15.5. The standard InChI is InChI=1S/C21H20Cl2N2O3S/c22-14-8-11-17(18(23)12-14)19(26)25-21(29)24-15-9-6-13(7-10-15)20(27)28-16-4-2-1-3-5-16/h6-12,16H,1-5H2,(H2,24,25,26,29). The summed E-state index contributed by atoms with van der Waals surface area (Å²) in [6.07, 6.45) is 5.27. The Morgan fingerprint density at radius 2 is 1.69 bits per heavy atom. The maximum atomic E-state index is 12.3. The van der Waals surface area contributed by atoms with E-state index in [0.29, 0.717) is 16.3 Å². The lowest BCUT2D eigenvalue weighted by Crippen LogP contribution is -2.34. The summed E-state index contributed by atoms with van der Waals surface area (Å²) in [7, 11) is 0. The van der Waals surface area contributed by atoms with Gasteiger partial charge >= 0.3 is 5.97 Å². The predicted molar refractivity (Wildman–Crippen MR) is 119 cm³/mol. The average molecular weight is 451 g/mol. The summed E-state index contributed by atoms with van der Waals surface area (Å²) in [5, 5.41) is 6.24. The number of benzene rings is 2. The Morgan fingerprint density at radius 1 is 1.00 bits per heavy atom. The van der Waals surface area contributed by atoms with Gasteiger partial charge in [-0.05, 0) is 80.4 Å². The lowest BCUT2D eigenvalue weighted by atomic mass is 9.98. The zero-order chi connectivity index (χ0) is 20.8. The number of rotatable bonds is 4. The molecule has 0 spiro atoms. The van der Waals surface area contributed by atoms with Crippen LogP contribution in [0.5, 0.6) is 0 Å². The molecule has 1 amide bonds. The highest BCUT2D eigenvalue weighted by atomic mass is 35.5. The third kappa shape index (κ3) is 6.16. The van der Waals surface area contributed by atoms with E-state index in [2.05, 4.69) is 10.6 Å². The third-order valence-corrected chi connectivity index (χ3v) is 5.36. The molecule has 8 heteroatoms. The SMILES string of the molecule is O=C(OC1CCCCC1)c1ccc(NC(=S)NC(=O)c2ccc(Cl)cc2Cl)cc1. The number of carbonyl (C=O) groups excluding carboxylic acids is 2. The summed E-state index contributed by atoms with van der Waals surface area (Å²) in [4.78, 5) is 24.5. The average Bonchev–Trinajstić information content (AvgIpc) is 2.69. The van der Waals surface area contributed by atoms with Crippen LogP contribution in [-0.2, 0) is 4.74 Å². The van der Waals surface area contributed by atoms with E-state index in [9.17, 15) is 9.59 Å². The van der Waals surface area contributed by atoms with E-state index in [1.54, 1.807) is 30.3 Å². The van der Waals surface area contributed by atoms with E-state index in [-0.39, 0.29) is 27.8 Å². The minimum absolute atomic E-state index is 0.0107. The molecule has 0 bridgehead atoms. The summed E-state index contributed by atoms with van der Waals surface area (Å²) in [5.41, 5.74) is 1.37. The number of amides is 1. The quantitative estimate of drug-likeness (QED) is 0.467. The fourth-order valence-electron chi connectivity index (χ4n) is 3.10. The fraction of sp³-hybridized carbons (Fsp3) is 0.286. The van der Waals surface area contributed by atoms with Crippen LogP contribution in [0.25, 0.3) is 0 Å². The summed E-state index contributed by atoms with van der Waals surface area (Å²) in [5.74, 6) is -0.770. The molecule has 2 N–H and O–H groups in total. The Labute approximate surface area is 184 Å². The highest BCUT2D eigenvalue weighted by molar-refractivity contribution is 7.80. The van der Waals surface area contributed by atoms with Crippen LogP contribution >= 0.6 is 35.4 Å². The molecule has 3 rings (SSSR count). The Bertz CT molecular complexity index is 913. The van der Waals surface area contributed by atoms with Crippen molar-refractivity contribution in [2.75, 3.05) is 5.32 Å². The number of nitrogens with one attached hydrogen (secondary N) is 2. The van der Waals surface area contributed by atoms with Gasteiger partial charge in [0.05, 0.1) is 16.1 Å². The number of anilines is 1. The Hall–Kier alpha value is -2.15. The van der Waals surface area contributed by atoms with Gasteiger partial charge < -0.3 is 10.1 Å². The second-order valence-electron chi connectivity index (χ2n) is 6.78. The summed E-state index contributed by atoms with van der Waals surface area (Å²) in [6.45, 7) is 0. The molecule has 1 aliphatic rings. The molecule has 0 aliphatic heterocycles. The Balaban J connectivity index is 1.54. The van der Waals surface area contributed by atoms with Crippen molar-refractivity contribution in [3.8, 4) is 0 Å². The number of ether oxygens (including phenoxy) is 1. The smallest absolute Gasteiger partial charge is 0.338 e. The van der Waals surface area contributed by atoms with Crippen molar-refractivity contribution in [1.82, 2.24) is 5.32 Å². The van der Waals surface area contributed by atoms with Gasteiger partial charge in [-0.15, -0.1) is 0 Å². The van der Waals surface area contributed by atoms with Crippen molar-refractivity contribution in [2.45, 2.75) is 38.2 Å². The van der Waals surface area contributed by atoms with Crippen LogP contribution in [0.15, 0.2) is 42.5 Å². The van der Waals surface area contributed by atoms with Crippen molar-refractivity contribution in [2.24, 2.45) is 0 Å². The van der Waals surface area contributed by atoms with Gasteiger partial charge in [-0.3, -0.25) is 10.1 Å². The van der Waals surface area contributed by atoms with Crippen LogP contribution < -0.4 is 10.6 Å². The molecule has 0 atom stereocenters. The van der Waals surface area contributed by atoms with Gasteiger partial charge in [0, 0.05) is 10.7 Å². The Morgan fingerprint density at radius 3 is 2.34 bits per heavy atom. The molecule has 0 heterocycles. The second kappa shape index (κ2) is 10.1. The molecule has 0 unspecified atom stereocenters. The summed E-state index contributed by atoms with van der Waals surface area (Å²) >= 11 is 17.0. The maximum Gasteiger partial charge on any atom is 0.338 e. The summed E-state index contributed by atoms with van der Waals surface area (Å²) < 4.78 is 5.56. The number of carbonyl (C=O) groups is 2. The van der Waals surface area contributed by atoms with Gasteiger partial charge in [0.25, 0.3) is 5.91 Å². The number of hydrogen-bond donors (Lipinski definition) is 2.